The van der Waals surface area contributed by atoms with Gasteiger partial charge in [-0.3, -0.25) is 5.32 Å². The lowest BCUT2D eigenvalue weighted by Gasteiger charge is -2.10. The molecule has 6 heteroatoms. The second-order valence-corrected chi connectivity index (χ2v) is 5.40. The van der Waals surface area contributed by atoms with Crippen molar-refractivity contribution in [1.29, 1.82) is 0 Å². The quantitative estimate of drug-likeness (QED) is 0.785. The maximum absolute atomic E-state index is 11.6. The fraction of sp³-hybridized carbons (Fsp3) is 0.188. The number of carbonyl (C=O) groups is 1. The van der Waals surface area contributed by atoms with E-state index in [-0.39, 0.29) is 13.2 Å². The van der Waals surface area contributed by atoms with E-state index < -0.39 is 6.09 Å². The van der Waals surface area contributed by atoms with E-state index >= 15 is 0 Å². The summed E-state index contributed by atoms with van der Waals surface area (Å²) < 4.78 is 10.4. The average molecular weight is 340 g/mol. The van der Waals surface area contributed by atoms with E-state index in [9.17, 15) is 4.79 Å². The Morgan fingerprint density at radius 3 is 2.68 bits per heavy atom. The SMILES string of the molecule is Cc1cccc(NC(=O)OCCOc2ccc(Cl)cc2Cl)c1. The van der Waals surface area contributed by atoms with Crippen LogP contribution in [0.1, 0.15) is 5.56 Å². The fourth-order valence-electron chi connectivity index (χ4n) is 1.76. The minimum Gasteiger partial charge on any atom is -0.488 e. The Hall–Kier alpha value is -1.91. The summed E-state index contributed by atoms with van der Waals surface area (Å²) in [7, 11) is 0. The molecule has 0 aromatic heterocycles. The van der Waals surface area contributed by atoms with Gasteiger partial charge in [0.05, 0.1) is 5.02 Å². The standard InChI is InChI=1S/C16H15Cl2NO3/c1-11-3-2-4-13(9-11)19-16(20)22-8-7-21-15-6-5-12(17)10-14(15)18/h2-6,9-10H,7-8H2,1H3,(H,19,20). The number of carbonyl (C=O) groups excluding carboxylic acids is 1. The Labute approximate surface area is 138 Å². The average Bonchev–Trinajstić information content (AvgIpc) is 2.45. The zero-order valence-corrected chi connectivity index (χ0v) is 13.4. The third-order valence-electron chi connectivity index (χ3n) is 2.73. The van der Waals surface area contributed by atoms with E-state index in [0.717, 1.165) is 5.56 Å². The molecule has 22 heavy (non-hydrogen) atoms. The molecule has 1 amide bonds. The van der Waals surface area contributed by atoms with Crippen molar-refractivity contribution < 1.29 is 14.3 Å². The molecule has 0 atom stereocenters. The first-order valence-electron chi connectivity index (χ1n) is 6.63. The summed E-state index contributed by atoms with van der Waals surface area (Å²) in [6.45, 7) is 2.25. The first-order valence-corrected chi connectivity index (χ1v) is 7.38. The normalized spacial score (nSPS) is 10.1. The van der Waals surface area contributed by atoms with Gasteiger partial charge >= 0.3 is 6.09 Å². The first-order chi connectivity index (χ1) is 10.5. The molecule has 0 saturated heterocycles. The molecule has 116 valence electrons. The van der Waals surface area contributed by atoms with Crippen molar-refractivity contribution in [2.24, 2.45) is 0 Å². The fourth-order valence-corrected chi connectivity index (χ4v) is 2.22. The molecule has 0 aliphatic carbocycles. The second kappa shape index (κ2) is 7.92. The van der Waals surface area contributed by atoms with Gasteiger partial charge in [0.25, 0.3) is 0 Å². The summed E-state index contributed by atoms with van der Waals surface area (Å²) >= 11 is 11.8. The number of anilines is 1. The summed E-state index contributed by atoms with van der Waals surface area (Å²) in [5.74, 6) is 0.494. The van der Waals surface area contributed by atoms with Gasteiger partial charge in [-0.25, -0.2) is 4.79 Å². The highest BCUT2D eigenvalue weighted by atomic mass is 35.5. The molecule has 0 heterocycles. The summed E-state index contributed by atoms with van der Waals surface area (Å²) in [5.41, 5.74) is 1.74. The van der Waals surface area contributed by atoms with Crippen molar-refractivity contribution in [3.05, 3.63) is 58.1 Å². The molecule has 0 aliphatic heterocycles. The molecular weight excluding hydrogens is 325 g/mol. The van der Waals surface area contributed by atoms with Crippen LogP contribution in [-0.4, -0.2) is 19.3 Å². The summed E-state index contributed by atoms with van der Waals surface area (Å²) in [6, 6.07) is 12.4. The molecule has 0 aliphatic rings. The van der Waals surface area contributed by atoms with Gasteiger partial charge in [-0.1, -0.05) is 35.3 Å². The van der Waals surface area contributed by atoms with Crippen molar-refractivity contribution in [2.45, 2.75) is 6.92 Å². The maximum atomic E-state index is 11.6. The van der Waals surface area contributed by atoms with Crippen LogP contribution >= 0.6 is 23.2 Å². The van der Waals surface area contributed by atoms with Crippen LogP contribution in [-0.2, 0) is 4.74 Å². The number of halogens is 2. The van der Waals surface area contributed by atoms with Crippen molar-refractivity contribution in [3.8, 4) is 5.75 Å². The highest BCUT2D eigenvalue weighted by Crippen LogP contribution is 2.27. The minimum absolute atomic E-state index is 0.108. The Balaban J connectivity index is 1.73. The highest BCUT2D eigenvalue weighted by molar-refractivity contribution is 6.35. The Morgan fingerprint density at radius 2 is 1.95 bits per heavy atom. The van der Waals surface area contributed by atoms with Crippen molar-refractivity contribution in [2.75, 3.05) is 18.5 Å². The predicted octanol–water partition coefficient (Wildman–Crippen LogP) is 4.93. The van der Waals surface area contributed by atoms with E-state index in [4.69, 9.17) is 32.7 Å². The molecule has 0 saturated carbocycles. The van der Waals surface area contributed by atoms with Crippen molar-refractivity contribution in [1.82, 2.24) is 0 Å². The zero-order valence-electron chi connectivity index (χ0n) is 11.9. The van der Waals surface area contributed by atoms with Crippen LogP contribution in [0.2, 0.25) is 10.0 Å². The number of nitrogens with one attached hydrogen (secondary N) is 1. The van der Waals surface area contributed by atoms with Gasteiger partial charge in [0.1, 0.15) is 19.0 Å². The van der Waals surface area contributed by atoms with Crippen molar-refractivity contribution >= 4 is 35.0 Å². The number of hydrogen-bond donors (Lipinski definition) is 1. The van der Waals surface area contributed by atoms with Gasteiger partial charge in [-0.2, -0.15) is 0 Å². The van der Waals surface area contributed by atoms with Gasteiger partial charge in [0.2, 0.25) is 0 Å². The summed E-state index contributed by atoms with van der Waals surface area (Å²) in [6.07, 6.45) is -0.531. The van der Waals surface area contributed by atoms with Crippen LogP contribution in [0.5, 0.6) is 5.75 Å². The molecule has 0 spiro atoms. The number of rotatable bonds is 5. The van der Waals surface area contributed by atoms with Gasteiger partial charge in [0, 0.05) is 10.7 Å². The minimum atomic E-state index is -0.531. The molecule has 2 aromatic carbocycles. The number of amides is 1. The largest absolute Gasteiger partial charge is 0.488 e. The van der Waals surface area contributed by atoms with Crippen LogP contribution in [0.25, 0.3) is 0 Å². The number of aryl methyl sites for hydroxylation is 1. The van der Waals surface area contributed by atoms with Crippen LogP contribution in [0.15, 0.2) is 42.5 Å². The summed E-state index contributed by atoms with van der Waals surface area (Å²) in [4.78, 5) is 11.6. The molecular formula is C16H15Cl2NO3. The molecule has 2 aromatic rings. The lowest BCUT2D eigenvalue weighted by molar-refractivity contribution is 0.138. The lowest BCUT2D eigenvalue weighted by atomic mass is 10.2. The molecule has 2 rings (SSSR count). The smallest absolute Gasteiger partial charge is 0.411 e. The third-order valence-corrected chi connectivity index (χ3v) is 3.26. The van der Waals surface area contributed by atoms with E-state index in [1.54, 1.807) is 24.3 Å². The second-order valence-electron chi connectivity index (χ2n) is 4.55. The highest BCUT2D eigenvalue weighted by Gasteiger charge is 2.05. The number of hydrogen-bond acceptors (Lipinski definition) is 3. The molecule has 0 bridgehead atoms. The first kappa shape index (κ1) is 16.5. The van der Waals surface area contributed by atoms with Gasteiger partial charge < -0.3 is 9.47 Å². The van der Waals surface area contributed by atoms with E-state index in [1.807, 2.05) is 25.1 Å². The molecule has 0 unspecified atom stereocenters. The van der Waals surface area contributed by atoms with Crippen LogP contribution < -0.4 is 10.1 Å². The van der Waals surface area contributed by atoms with Crippen LogP contribution in [0, 0.1) is 6.92 Å². The molecule has 4 nitrogen and oxygen atoms in total. The van der Waals surface area contributed by atoms with E-state index in [2.05, 4.69) is 5.32 Å². The van der Waals surface area contributed by atoms with Crippen molar-refractivity contribution in [3.63, 3.8) is 0 Å². The number of benzene rings is 2. The van der Waals surface area contributed by atoms with E-state index in [1.165, 1.54) is 0 Å². The van der Waals surface area contributed by atoms with Crippen LogP contribution in [0.3, 0.4) is 0 Å². The Bertz CT molecular complexity index is 662. The van der Waals surface area contributed by atoms with Crippen LogP contribution in [0.4, 0.5) is 10.5 Å². The Morgan fingerprint density at radius 1 is 1.14 bits per heavy atom. The summed E-state index contributed by atoms with van der Waals surface area (Å²) in [5, 5.41) is 3.59. The molecule has 0 fully saturated rings. The monoisotopic (exact) mass is 339 g/mol. The maximum Gasteiger partial charge on any atom is 0.411 e. The zero-order chi connectivity index (χ0) is 15.9. The third kappa shape index (κ3) is 5.13. The number of ether oxygens (including phenoxy) is 2. The van der Waals surface area contributed by atoms with Gasteiger partial charge in [0.15, 0.2) is 0 Å². The molecule has 1 N–H and O–H groups in total. The lowest BCUT2D eigenvalue weighted by Crippen LogP contribution is -2.17. The van der Waals surface area contributed by atoms with Gasteiger partial charge in [-0.05, 0) is 42.8 Å². The van der Waals surface area contributed by atoms with E-state index in [0.29, 0.717) is 21.5 Å². The predicted molar refractivity (Wildman–Crippen MR) is 88.1 cm³/mol. The Kier molecular flexibility index (Phi) is 5.92. The topological polar surface area (TPSA) is 47.6 Å². The van der Waals surface area contributed by atoms with Gasteiger partial charge in [-0.15, -0.1) is 0 Å². The molecule has 0 radical (unpaired) electrons.